The molecule has 0 aliphatic carbocycles. The molecule has 0 radical (unpaired) electrons. The maximum atomic E-state index is 10.8. The van der Waals surface area contributed by atoms with Gasteiger partial charge in [-0.05, 0) is 6.92 Å². The van der Waals surface area contributed by atoms with Gasteiger partial charge in [0.1, 0.15) is 0 Å². The summed E-state index contributed by atoms with van der Waals surface area (Å²) in [6.45, 7) is 2.44. The summed E-state index contributed by atoms with van der Waals surface area (Å²) in [4.78, 5) is 22.5. The number of aliphatic imine (C=N–C) groups is 3. The van der Waals surface area contributed by atoms with Crippen molar-refractivity contribution in [2.24, 2.45) is 20.7 Å². The van der Waals surface area contributed by atoms with Gasteiger partial charge >= 0.3 is 0 Å². The predicted octanol–water partition coefficient (Wildman–Crippen LogP) is -0.586. The standard InChI is InChI=1S/C7H10N4O/c1-2-9-7-5(6(8)12)10-3-4-11-7/h3-5H,2H2,1H3,(H2,8,12). The van der Waals surface area contributed by atoms with Crippen molar-refractivity contribution in [2.45, 2.75) is 13.0 Å². The number of carbonyl (C=O) groups is 1. The monoisotopic (exact) mass is 166 g/mol. The second kappa shape index (κ2) is 3.75. The maximum absolute atomic E-state index is 10.8. The first kappa shape index (κ1) is 8.58. The van der Waals surface area contributed by atoms with Gasteiger partial charge in [0.05, 0.1) is 0 Å². The number of amides is 1. The third-order valence-electron chi connectivity index (χ3n) is 1.34. The number of rotatable bonds is 2. The normalized spacial score (nSPS) is 24.8. The van der Waals surface area contributed by atoms with E-state index in [4.69, 9.17) is 5.73 Å². The fourth-order valence-electron chi connectivity index (χ4n) is 0.862. The molecular weight excluding hydrogens is 156 g/mol. The van der Waals surface area contributed by atoms with Crippen LogP contribution < -0.4 is 5.73 Å². The smallest absolute Gasteiger partial charge is 0.250 e. The topological polar surface area (TPSA) is 80.2 Å². The molecule has 0 fully saturated rings. The zero-order valence-corrected chi connectivity index (χ0v) is 6.77. The van der Waals surface area contributed by atoms with Gasteiger partial charge in [0, 0.05) is 19.0 Å². The Morgan fingerprint density at radius 2 is 2.50 bits per heavy atom. The molecule has 0 aromatic heterocycles. The number of amidine groups is 1. The molecule has 5 nitrogen and oxygen atoms in total. The number of primary amides is 1. The highest BCUT2D eigenvalue weighted by atomic mass is 16.1. The van der Waals surface area contributed by atoms with E-state index >= 15 is 0 Å². The molecule has 1 aliphatic rings. The maximum Gasteiger partial charge on any atom is 0.250 e. The highest BCUT2D eigenvalue weighted by Crippen LogP contribution is 1.99. The summed E-state index contributed by atoms with van der Waals surface area (Å²) in [5.74, 6) is -0.122. The Morgan fingerprint density at radius 3 is 3.08 bits per heavy atom. The first-order valence-corrected chi connectivity index (χ1v) is 3.65. The predicted molar refractivity (Wildman–Crippen MR) is 47.9 cm³/mol. The fourth-order valence-corrected chi connectivity index (χ4v) is 0.862. The molecule has 0 bridgehead atoms. The molecule has 0 aromatic rings. The third kappa shape index (κ3) is 1.75. The molecule has 1 aliphatic heterocycles. The number of nitrogens with two attached hydrogens (primary N) is 1. The van der Waals surface area contributed by atoms with Crippen molar-refractivity contribution in [3.05, 3.63) is 0 Å². The van der Waals surface area contributed by atoms with E-state index < -0.39 is 11.9 Å². The fraction of sp³-hybridized carbons (Fsp3) is 0.429. The summed E-state index contributed by atoms with van der Waals surface area (Å²) < 4.78 is 0. The number of nitrogens with zero attached hydrogens (tertiary/aromatic N) is 3. The average Bonchev–Trinajstić information content (AvgIpc) is 2.05. The second-order valence-corrected chi connectivity index (χ2v) is 2.21. The van der Waals surface area contributed by atoms with Gasteiger partial charge in [0.15, 0.2) is 11.9 Å². The molecule has 1 atom stereocenters. The largest absolute Gasteiger partial charge is 0.367 e. The third-order valence-corrected chi connectivity index (χ3v) is 1.34. The Hall–Kier alpha value is -1.52. The number of carbonyl (C=O) groups excluding carboxylic acids is 1. The summed E-state index contributed by atoms with van der Waals surface area (Å²) in [6, 6.07) is -0.699. The zero-order chi connectivity index (χ0) is 8.97. The molecule has 0 spiro atoms. The Bertz CT molecular complexity index is 267. The lowest BCUT2D eigenvalue weighted by Crippen LogP contribution is -2.35. The highest BCUT2D eigenvalue weighted by molar-refractivity contribution is 6.25. The van der Waals surface area contributed by atoms with Crippen molar-refractivity contribution in [1.82, 2.24) is 0 Å². The van der Waals surface area contributed by atoms with E-state index in [9.17, 15) is 4.79 Å². The molecular formula is C7H10N4O. The molecule has 1 rings (SSSR count). The van der Waals surface area contributed by atoms with Gasteiger partial charge < -0.3 is 5.73 Å². The molecule has 1 unspecified atom stereocenters. The van der Waals surface area contributed by atoms with Gasteiger partial charge in [-0.2, -0.15) is 0 Å². The van der Waals surface area contributed by atoms with E-state index in [-0.39, 0.29) is 0 Å². The van der Waals surface area contributed by atoms with Crippen LogP contribution in [0.15, 0.2) is 15.0 Å². The first-order valence-electron chi connectivity index (χ1n) is 3.65. The lowest BCUT2D eigenvalue weighted by atomic mass is 10.2. The van der Waals surface area contributed by atoms with E-state index in [0.29, 0.717) is 12.4 Å². The molecule has 0 saturated carbocycles. The molecule has 12 heavy (non-hydrogen) atoms. The van der Waals surface area contributed by atoms with Crippen LogP contribution in [0.25, 0.3) is 0 Å². The van der Waals surface area contributed by atoms with Gasteiger partial charge in [0.25, 0.3) is 0 Å². The Labute approximate surface area is 70.1 Å². The van der Waals surface area contributed by atoms with Gasteiger partial charge in [-0.1, -0.05) is 0 Å². The molecule has 1 amide bonds. The lowest BCUT2D eigenvalue weighted by Gasteiger charge is -2.09. The van der Waals surface area contributed by atoms with Gasteiger partial charge in [-0.3, -0.25) is 14.8 Å². The summed E-state index contributed by atoms with van der Waals surface area (Å²) in [7, 11) is 0. The van der Waals surface area contributed by atoms with Crippen LogP contribution in [0, 0.1) is 0 Å². The zero-order valence-electron chi connectivity index (χ0n) is 6.77. The minimum atomic E-state index is -0.699. The van der Waals surface area contributed by atoms with E-state index in [2.05, 4.69) is 15.0 Å². The highest BCUT2D eigenvalue weighted by Gasteiger charge is 2.20. The van der Waals surface area contributed by atoms with Crippen molar-refractivity contribution in [2.75, 3.05) is 6.54 Å². The SMILES string of the molecule is CCN=C1N=CC=NC1C(N)=O. The van der Waals surface area contributed by atoms with E-state index in [0.717, 1.165) is 0 Å². The Morgan fingerprint density at radius 1 is 1.75 bits per heavy atom. The summed E-state index contributed by atoms with van der Waals surface area (Å²) in [6.07, 6.45) is 2.94. The summed E-state index contributed by atoms with van der Waals surface area (Å²) >= 11 is 0. The van der Waals surface area contributed by atoms with Gasteiger partial charge in [-0.25, -0.2) is 4.99 Å². The Kier molecular flexibility index (Phi) is 2.68. The molecule has 2 N–H and O–H groups in total. The average molecular weight is 166 g/mol. The van der Waals surface area contributed by atoms with Crippen LogP contribution in [-0.2, 0) is 4.79 Å². The van der Waals surface area contributed by atoms with Crippen molar-refractivity contribution in [1.29, 1.82) is 0 Å². The van der Waals surface area contributed by atoms with Crippen molar-refractivity contribution < 1.29 is 4.79 Å². The second-order valence-electron chi connectivity index (χ2n) is 2.21. The first-order chi connectivity index (χ1) is 5.75. The van der Waals surface area contributed by atoms with Crippen LogP contribution in [0.2, 0.25) is 0 Å². The van der Waals surface area contributed by atoms with E-state index in [1.807, 2.05) is 6.92 Å². The van der Waals surface area contributed by atoms with Crippen molar-refractivity contribution in [3.63, 3.8) is 0 Å². The van der Waals surface area contributed by atoms with Crippen molar-refractivity contribution >= 4 is 24.2 Å². The molecule has 1 heterocycles. The summed E-state index contributed by atoms with van der Waals surface area (Å²) in [5.41, 5.74) is 5.08. The van der Waals surface area contributed by atoms with Crippen LogP contribution in [0.3, 0.4) is 0 Å². The molecule has 64 valence electrons. The molecule has 0 saturated heterocycles. The quantitative estimate of drug-likeness (QED) is 0.584. The minimum Gasteiger partial charge on any atom is -0.367 e. The van der Waals surface area contributed by atoms with Crippen LogP contribution in [0.5, 0.6) is 0 Å². The summed E-state index contributed by atoms with van der Waals surface area (Å²) in [5, 5.41) is 0. The van der Waals surface area contributed by atoms with Crippen molar-refractivity contribution in [3.8, 4) is 0 Å². The van der Waals surface area contributed by atoms with Crippen LogP contribution >= 0.6 is 0 Å². The van der Waals surface area contributed by atoms with Crippen LogP contribution in [0.4, 0.5) is 0 Å². The number of hydrogen-bond acceptors (Lipinski definition) is 3. The molecule has 5 heteroatoms. The van der Waals surface area contributed by atoms with Gasteiger partial charge in [0.2, 0.25) is 5.91 Å². The van der Waals surface area contributed by atoms with Gasteiger partial charge in [-0.15, -0.1) is 0 Å². The van der Waals surface area contributed by atoms with Crippen LogP contribution in [-0.4, -0.2) is 36.8 Å². The van der Waals surface area contributed by atoms with E-state index in [1.165, 1.54) is 12.4 Å². The Balaban J connectivity index is 2.85. The lowest BCUT2D eigenvalue weighted by molar-refractivity contribution is -0.117. The van der Waals surface area contributed by atoms with Crippen LogP contribution in [0.1, 0.15) is 6.92 Å². The molecule has 0 aromatic carbocycles. The van der Waals surface area contributed by atoms with E-state index in [1.54, 1.807) is 0 Å². The minimum absolute atomic E-state index is 0.396. The number of hydrogen-bond donors (Lipinski definition) is 1.